The maximum absolute atomic E-state index is 12.6. The fourth-order valence-corrected chi connectivity index (χ4v) is 3.37. The van der Waals surface area contributed by atoms with E-state index in [4.69, 9.17) is 9.15 Å². The van der Waals surface area contributed by atoms with E-state index < -0.39 is 5.63 Å². The van der Waals surface area contributed by atoms with Gasteiger partial charge >= 0.3 is 5.63 Å². The lowest BCUT2D eigenvalue weighted by molar-refractivity contribution is 0.326. The molecule has 6 heteroatoms. The van der Waals surface area contributed by atoms with Gasteiger partial charge in [0.15, 0.2) is 0 Å². The molecule has 0 bridgehead atoms. The van der Waals surface area contributed by atoms with E-state index in [2.05, 4.69) is 27.0 Å². The maximum atomic E-state index is 12.6. The van der Waals surface area contributed by atoms with Crippen LogP contribution in [0.1, 0.15) is 12.5 Å². The normalized spacial score (nSPS) is 10.7. The third-order valence-corrected chi connectivity index (χ3v) is 4.98. The largest absolute Gasteiger partial charge is 0.477 e. The van der Waals surface area contributed by atoms with Crippen molar-refractivity contribution >= 4 is 26.9 Å². The zero-order chi connectivity index (χ0) is 20.4. The summed E-state index contributed by atoms with van der Waals surface area (Å²) >= 11 is 3.42. The number of halogens is 1. The number of nitrogens with zero attached hydrogens (tertiary/aromatic N) is 2. The molecule has 0 spiro atoms. The van der Waals surface area contributed by atoms with Crippen molar-refractivity contribution in [1.82, 2.24) is 4.98 Å². The minimum atomic E-state index is -0.495. The van der Waals surface area contributed by atoms with Gasteiger partial charge in [0.25, 0.3) is 0 Å². The number of ether oxygens (including phenoxy) is 1. The zero-order valence-corrected chi connectivity index (χ0v) is 17.1. The molecule has 0 fully saturated rings. The summed E-state index contributed by atoms with van der Waals surface area (Å²) in [5.41, 5.74) is 2.50. The second-order valence-electron chi connectivity index (χ2n) is 6.27. The lowest BCUT2D eigenvalue weighted by Gasteiger charge is -2.12. The van der Waals surface area contributed by atoms with Gasteiger partial charge in [0, 0.05) is 15.4 Å². The predicted octanol–water partition coefficient (Wildman–Crippen LogP) is 5.55. The highest BCUT2D eigenvalue weighted by molar-refractivity contribution is 9.10. The van der Waals surface area contributed by atoms with E-state index in [9.17, 15) is 10.1 Å². The molecule has 142 valence electrons. The average Bonchev–Trinajstić information content (AvgIpc) is 2.73. The van der Waals surface area contributed by atoms with E-state index in [-0.39, 0.29) is 5.88 Å². The van der Waals surface area contributed by atoms with Gasteiger partial charge in [-0.2, -0.15) is 5.26 Å². The first-order valence-corrected chi connectivity index (χ1v) is 9.77. The van der Waals surface area contributed by atoms with Gasteiger partial charge in [-0.3, -0.25) is 0 Å². The monoisotopic (exact) mass is 446 g/mol. The molecule has 0 aliphatic heterocycles. The van der Waals surface area contributed by atoms with E-state index >= 15 is 0 Å². The molecule has 0 atom stereocenters. The Morgan fingerprint density at radius 2 is 1.86 bits per heavy atom. The van der Waals surface area contributed by atoms with Gasteiger partial charge in [0.2, 0.25) is 5.88 Å². The molecule has 29 heavy (non-hydrogen) atoms. The molecule has 4 rings (SSSR count). The lowest BCUT2D eigenvalue weighted by Crippen LogP contribution is -2.07. The van der Waals surface area contributed by atoms with E-state index in [0.717, 1.165) is 15.4 Å². The summed E-state index contributed by atoms with van der Waals surface area (Å²) in [7, 11) is 0. The standard InChI is InChI=1S/C23H15BrN2O3/c1-2-28-22-19(13-25)17(14-7-9-16(24)10-8-14)12-20(26-22)18-11-15-5-3-4-6-21(15)29-23(18)27/h3-12H,2H2,1H3. The van der Waals surface area contributed by atoms with Crippen molar-refractivity contribution in [1.29, 1.82) is 5.26 Å². The molecule has 2 aromatic heterocycles. The summed E-state index contributed by atoms with van der Waals surface area (Å²) in [4.78, 5) is 17.1. The van der Waals surface area contributed by atoms with Crippen molar-refractivity contribution in [2.75, 3.05) is 6.61 Å². The molecular weight excluding hydrogens is 432 g/mol. The second-order valence-corrected chi connectivity index (χ2v) is 7.19. The Hall–Kier alpha value is -3.43. The number of para-hydroxylation sites is 1. The summed E-state index contributed by atoms with van der Waals surface area (Å²) in [5, 5.41) is 10.5. The minimum Gasteiger partial charge on any atom is -0.477 e. The number of hydrogen-bond acceptors (Lipinski definition) is 5. The van der Waals surface area contributed by atoms with E-state index in [1.54, 1.807) is 18.2 Å². The van der Waals surface area contributed by atoms with Crippen LogP contribution in [0.5, 0.6) is 5.88 Å². The highest BCUT2D eigenvalue weighted by atomic mass is 79.9. The fraction of sp³-hybridized carbons (Fsp3) is 0.0870. The quantitative estimate of drug-likeness (QED) is 0.383. The lowest BCUT2D eigenvalue weighted by atomic mass is 9.99. The maximum Gasteiger partial charge on any atom is 0.345 e. The Kier molecular flexibility index (Phi) is 5.15. The summed E-state index contributed by atoms with van der Waals surface area (Å²) in [6.07, 6.45) is 0. The fourth-order valence-electron chi connectivity index (χ4n) is 3.11. The third-order valence-electron chi connectivity index (χ3n) is 4.45. The van der Waals surface area contributed by atoms with Gasteiger partial charge in [0.05, 0.1) is 17.9 Å². The van der Waals surface area contributed by atoms with Crippen LogP contribution in [0.25, 0.3) is 33.4 Å². The van der Waals surface area contributed by atoms with Gasteiger partial charge in [-0.05, 0) is 42.8 Å². The van der Waals surface area contributed by atoms with Gasteiger partial charge in [0.1, 0.15) is 17.2 Å². The Balaban J connectivity index is 1.99. The number of nitriles is 1. The van der Waals surface area contributed by atoms with E-state index in [1.807, 2.05) is 49.4 Å². The number of rotatable bonds is 4. The number of pyridine rings is 1. The molecule has 0 N–H and O–H groups in total. The van der Waals surface area contributed by atoms with E-state index in [0.29, 0.717) is 34.6 Å². The van der Waals surface area contributed by atoms with Crippen LogP contribution >= 0.6 is 15.9 Å². The molecule has 0 amide bonds. The van der Waals surface area contributed by atoms with Crippen LogP contribution < -0.4 is 10.4 Å². The second kappa shape index (κ2) is 7.90. The first kappa shape index (κ1) is 18.9. The number of fused-ring (bicyclic) bond motifs is 1. The summed E-state index contributed by atoms with van der Waals surface area (Å²) in [5.74, 6) is 0.193. The molecule has 0 radical (unpaired) electrons. The summed E-state index contributed by atoms with van der Waals surface area (Å²) in [6, 6.07) is 20.5. The van der Waals surface area contributed by atoms with Gasteiger partial charge in [-0.15, -0.1) is 0 Å². The van der Waals surface area contributed by atoms with Crippen LogP contribution in [0.15, 0.2) is 74.3 Å². The van der Waals surface area contributed by atoms with Crippen LogP contribution in [-0.4, -0.2) is 11.6 Å². The number of aromatic nitrogens is 1. The number of hydrogen-bond donors (Lipinski definition) is 0. The first-order chi connectivity index (χ1) is 14.1. The van der Waals surface area contributed by atoms with Crippen molar-refractivity contribution < 1.29 is 9.15 Å². The van der Waals surface area contributed by atoms with Gasteiger partial charge < -0.3 is 9.15 Å². The third kappa shape index (κ3) is 3.65. The molecule has 2 aromatic carbocycles. The van der Waals surface area contributed by atoms with Crippen molar-refractivity contribution in [3.8, 4) is 34.3 Å². The van der Waals surface area contributed by atoms with Crippen molar-refractivity contribution in [2.24, 2.45) is 0 Å². The van der Waals surface area contributed by atoms with Crippen molar-refractivity contribution in [2.45, 2.75) is 6.92 Å². The average molecular weight is 447 g/mol. The molecule has 4 aromatic rings. The number of benzene rings is 2. The van der Waals surface area contributed by atoms with Crippen LogP contribution in [-0.2, 0) is 0 Å². The van der Waals surface area contributed by atoms with Crippen LogP contribution in [0, 0.1) is 11.3 Å². The Morgan fingerprint density at radius 3 is 2.59 bits per heavy atom. The first-order valence-electron chi connectivity index (χ1n) is 8.98. The molecule has 0 saturated carbocycles. The molecule has 0 unspecified atom stereocenters. The predicted molar refractivity (Wildman–Crippen MR) is 115 cm³/mol. The highest BCUT2D eigenvalue weighted by Gasteiger charge is 2.18. The van der Waals surface area contributed by atoms with Gasteiger partial charge in [-0.1, -0.05) is 46.3 Å². The Labute approximate surface area is 175 Å². The topological polar surface area (TPSA) is 76.1 Å². The Morgan fingerprint density at radius 1 is 1.10 bits per heavy atom. The minimum absolute atomic E-state index is 0.193. The smallest absolute Gasteiger partial charge is 0.345 e. The SMILES string of the molecule is CCOc1nc(-c2cc3ccccc3oc2=O)cc(-c2ccc(Br)cc2)c1C#N. The molecular formula is C23H15BrN2O3. The van der Waals surface area contributed by atoms with Crippen LogP contribution in [0.4, 0.5) is 0 Å². The highest BCUT2D eigenvalue weighted by Crippen LogP contribution is 2.34. The molecule has 0 aliphatic rings. The van der Waals surface area contributed by atoms with E-state index in [1.165, 1.54) is 0 Å². The summed E-state index contributed by atoms with van der Waals surface area (Å²) < 4.78 is 12.0. The van der Waals surface area contributed by atoms with Crippen molar-refractivity contribution in [3.63, 3.8) is 0 Å². The molecule has 0 aliphatic carbocycles. The molecule has 0 saturated heterocycles. The van der Waals surface area contributed by atoms with Crippen LogP contribution in [0.2, 0.25) is 0 Å². The van der Waals surface area contributed by atoms with Crippen molar-refractivity contribution in [3.05, 3.63) is 81.1 Å². The van der Waals surface area contributed by atoms with Gasteiger partial charge in [-0.25, -0.2) is 9.78 Å². The molecule has 2 heterocycles. The zero-order valence-electron chi connectivity index (χ0n) is 15.5. The van der Waals surface area contributed by atoms with Crippen LogP contribution in [0.3, 0.4) is 0 Å². The molecule has 5 nitrogen and oxygen atoms in total. The summed E-state index contributed by atoms with van der Waals surface area (Å²) in [6.45, 7) is 2.16. The Bertz CT molecular complexity index is 1300.